The fourth-order valence-electron chi connectivity index (χ4n) is 1.84. The molecule has 4 nitrogen and oxygen atoms in total. The Morgan fingerprint density at radius 2 is 2.06 bits per heavy atom. The van der Waals surface area contributed by atoms with Crippen LogP contribution < -0.4 is 0 Å². The number of imidazole rings is 1. The topological polar surface area (TPSA) is 43.6 Å². The summed E-state index contributed by atoms with van der Waals surface area (Å²) >= 11 is 0. The highest BCUT2D eigenvalue weighted by atomic mass is 16.5. The van der Waals surface area contributed by atoms with E-state index in [0.29, 0.717) is 5.69 Å². The molecule has 0 aliphatic heterocycles. The van der Waals surface area contributed by atoms with Crippen molar-refractivity contribution in [1.82, 2.24) is 9.38 Å². The minimum absolute atomic E-state index is 0.128. The Bertz CT molecular complexity index is 564. The number of aromatic nitrogens is 2. The summed E-state index contributed by atoms with van der Waals surface area (Å²) in [5.41, 5.74) is 1.28. The van der Waals surface area contributed by atoms with Crippen molar-refractivity contribution in [2.45, 2.75) is 26.2 Å². The van der Waals surface area contributed by atoms with Crippen molar-refractivity contribution in [3.8, 4) is 0 Å². The SMILES string of the molecule is COC(=O)c1cccc2cnc(C(C)(C)C)n12. The molecule has 2 aromatic heterocycles. The third-order valence-electron chi connectivity index (χ3n) is 2.62. The van der Waals surface area contributed by atoms with Crippen LogP contribution in [-0.4, -0.2) is 22.5 Å². The Labute approximate surface area is 100 Å². The molecule has 17 heavy (non-hydrogen) atoms. The van der Waals surface area contributed by atoms with Crippen LogP contribution in [0.4, 0.5) is 0 Å². The number of rotatable bonds is 1. The molecule has 0 N–H and O–H groups in total. The van der Waals surface area contributed by atoms with Crippen LogP contribution in [0.5, 0.6) is 0 Å². The van der Waals surface area contributed by atoms with E-state index in [-0.39, 0.29) is 11.4 Å². The molecule has 2 aromatic rings. The highest BCUT2D eigenvalue weighted by Gasteiger charge is 2.22. The normalized spacial score (nSPS) is 11.8. The molecule has 0 unspecified atom stereocenters. The lowest BCUT2D eigenvalue weighted by atomic mass is 9.96. The predicted molar refractivity (Wildman–Crippen MR) is 65.2 cm³/mol. The van der Waals surface area contributed by atoms with Gasteiger partial charge in [0, 0.05) is 5.41 Å². The maximum absolute atomic E-state index is 11.7. The van der Waals surface area contributed by atoms with E-state index < -0.39 is 0 Å². The summed E-state index contributed by atoms with van der Waals surface area (Å²) in [7, 11) is 1.38. The number of methoxy groups -OCH3 is 1. The van der Waals surface area contributed by atoms with E-state index in [1.54, 1.807) is 12.3 Å². The zero-order chi connectivity index (χ0) is 12.6. The van der Waals surface area contributed by atoms with Crippen molar-refractivity contribution >= 4 is 11.5 Å². The maximum atomic E-state index is 11.7. The molecule has 0 fully saturated rings. The molecule has 90 valence electrons. The Kier molecular flexibility index (Phi) is 2.65. The van der Waals surface area contributed by atoms with Gasteiger partial charge in [0.2, 0.25) is 0 Å². The predicted octanol–water partition coefficient (Wildman–Crippen LogP) is 2.42. The van der Waals surface area contributed by atoms with E-state index in [1.807, 2.05) is 16.5 Å². The number of carbonyl (C=O) groups is 1. The number of hydrogen-bond donors (Lipinski definition) is 0. The van der Waals surface area contributed by atoms with Crippen molar-refractivity contribution in [1.29, 1.82) is 0 Å². The van der Waals surface area contributed by atoms with Gasteiger partial charge in [0.05, 0.1) is 18.8 Å². The number of esters is 1. The van der Waals surface area contributed by atoms with Gasteiger partial charge in [0.1, 0.15) is 11.5 Å². The van der Waals surface area contributed by atoms with Gasteiger partial charge in [-0.25, -0.2) is 9.78 Å². The summed E-state index contributed by atoms with van der Waals surface area (Å²) in [5, 5.41) is 0. The number of pyridine rings is 1. The van der Waals surface area contributed by atoms with Gasteiger partial charge in [0.15, 0.2) is 0 Å². The molecular weight excluding hydrogens is 216 g/mol. The molecule has 0 saturated carbocycles. The molecule has 0 saturated heterocycles. The monoisotopic (exact) mass is 232 g/mol. The number of fused-ring (bicyclic) bond motifs is 1. The number of ether oxygens (including phenoxy) is 1. The smallest absolute Gasteiger partial charge is 0.355 e. The van der Waals surface area contributed by atoms with Gasteiger partial charge < -0.3 is 4.74 Å². The molecule has 0 bridgehead atoms. The Morgan fingerprint density at radius 3 is 2.65 bits per heavy atom. The highest BCUT2D eigenvalue weighted by molar-refractivity contribution is 5.88. The lowest BCUT2D eigenvalue weighted by Gasteiger charge is -2.18. The van der Waals surface area contributed by atoms with Crippen LogP contribution in [-0.2, 0) is 10.2 Å². The van der Waals surface area contributed by atoms with Crippen LogP contribution in [0.25, 0.3) is 5.52 Å². The standard InChI is InChI=1S/C13H16N2O2/c1-13(2,3)12-14-8-9-6-5-7-10(15(9)12)11(16)17-4/h5-8H,1-4H3. The second kappa shape index (κ2) is 3.87. The lowest BCUT2D eigenvalue weighted by molar-refractivity contribution is 0.0591. The van der Waals surface area contributed by atoms with Crippen LogP contribution in [0.1, 0.15) is 37.1 Å². The second-order valence-electron chi connectivity index (χ2n) is 4.99. The molecule has 0 radical (unpaired) electrons. The van der Waals surface area contributed by atoms with Gasteiger partial charge in [-0.15, -0.1) is 0 Å². The fraction of sp³-hybridized carbons (Fsp3) is 0.385. The summed E-state index contributed by atoms with van der Waals surface area (Å²) in [6, 6.07) is 5.50. The molecule has 2 heterocycles. The zero-order valence-electron chi connectivity index (χ0n) is 10.5. The summed E-state index contributed by atoms with van der Waals surface area (Å²) in [4.78, 5) is 16.1. The molecule has 0 spiro atoms. The van der Waals surface area contributed by atoms with Gasteiger partial charge in [-0.3, -0.25) is 4.40 Å². The third-order valence-corrected chi connectivity index (χ3v) is 2.62. The van der Waals surface area contributed by atoms with Crippen molar-refractivity contribution in [2.24, 2.45) is 0 Å². The van der Waals surface area contributed by atoms with Gasteiger partial charge >= 0.3 is 5.97 Å². The number of nitrogens with zero attached hydrogens (tertiary/aromatic N) is 2. The van der Waals surface area contributed by atoms with E-state index >= 15 is 0 Å². The van der Waals surface area contributed by atoms with Gasteiger partial charge in [-0.05, 0) is 12.1 Å². The summed E-state index contributed by atoms with van der Waals surface area (Å²) < 4.78 is 6.65. The van der Waals surface area contributed by atoms with Crippen LogP contribution in [0, 0.1) is 0 Å². The first-order chi connectivity index (χ1) is 7.95. The molecule has 2 rings (SSSR count). The summed E-state index contributed by atoms with van der Waals surface area (Å²) in [5.74, 6) is 0.507. The lowest BCUT2D eigenvalue weighted by Crippen LogP contribution is -2.19. The number of hydrogen-bond acceptors (Lipinski definition) is 3. The van der Waals surface area contributed by atoms with E-state index in [4.69, 9.17) is 4.74 Å². The minimum atomic E-state index is -0.348. The summed E-state index contributed by atoms with van der Waals surface area (Å²) in [6.45, 7) is 6.20. The average molecular weight is 232 g/mol. The van der Waals surface area contributed by atoms with Crippen LogP contribution in [0.2, 0.25) is 0 Å². The molecular formula is C13H16N2O2. The van der Waals surface area contributed by atoms with E-state index in [2.05, 4.69) is 25.8 Å². The van der Waals surface area contributed by atoms with Gasteiger partial charge in [-0.2, -0.15) is 0 Å². The number of carbonyl (C=O) groups excluding carboxylic acids is 1. The first-order valence-electron chi connectivity index (χ1n) is 5.50. The average Bonchev–Trinajstić information content (AvgIpc) is 2.70. The van der Waals surface area contributed by atoms with E-state index in [9.17, 15) is 4.79 Å². The van der Waals surface area contributed by atoms with Crippen molar-refractivity contribution in [3.05, 3.63) is 35.9 Å². The van der Waals surface area contributed by atoms with E-state index in [1.165, 1.54) is 7.11 Å². The van der Waals surface area contributed by atoms with Crippen molar-refractivity contribution in [2.75, 3.05) is 7.11 Å². The molecule has 0 aromatic carbocycles. The zero-order valence-corrected chi connectivity index (χ0v) is 10.5. The van der Waals surface area contributed by atoms with Crippen LogP contribution >= 0.6 is 0 Å². The minimum Gasteiger partial charge on any atom is -0.464 e. The molecule has 0 atom stereocenters. The largest absolute Gasteiger partial charge is 0.464 e. The quantitative estimate of drug-likeness (QED) is 0.709. The Hall–Kier alpha value is -1.84. The second-order valence-corrected chi connectivity index (χ2v) is 4.99. The van der Waals surface area contributed by atoms with Crippen LogP contribution in [0.3, 0.4) is 0 Å². The van der Waals surface area contributed by atoms with Gasteiger partial charge in [-0.1, -0.05) is 26.8 Å². The van der Waals surface area contributed by atoms with E-state index in [0.717, 1.165) is 11.3 Å². The third kappa shape index (κ3) is 1.90. The first-order valence-corrected chi connectivity index (χ1v) is 5.50. The van der Waals surface area contributed by atoms with Gasteiger partial charge in [0.25, 0.3) is 0 Å². The van der Waals surface area contributed by atoms with Crippen LogP contribution in [0.15, 0.2) is 24.4 Å². The first kappa shape index (κ1) is 11.6. The fourth-order valence-corrected chi connectivity index (χ4v) is 1.84. The molecule has 0 amide bonds. The highest BCUT2D eigenvalue weighted by Crippen LogP contribution is 2.23. The Morgan fingerprint density at radius 1 is 1.35 bits per heavy atom. The molecule has 0 aliphatic rings. The van der Waals surface area contributed by atoms with Crippen molar-refractivity contribution < 1.29 is 9.53 Å². The summed E-state index contributed by atoms with van der Waals surface area (Å²) in [6.07, 6.45) is 1.77. The Balaban J connectivity index is 2.77. The van der Waals surface area contributed by atoms with Crippen molar-refractivity contribution in [3.63, 3.8) is 0 Å². The molecule has 4 heteroatoms. The molecule has 0 aliphatic carbocycles. The maximum Gasteiger partial charge on any atom is 0.355 e.